The molecule has 0 spiro atoms. The zero-order chi connectivity index (χ0) is 14.4. The Kier molecular flexibility index (Phi) is 5.60. The molecule has 0 radical (unpaired) electrons. The number of aryl methyl sites for hydroxylation is 1. The van der Waals surface area contributed by atoms with Gasteiger partial charge in [0.1, 0.15) is 0 Å². The summed E-state index contributed by atoms with van der Waals surface area (Å²) in [4.78, 5) is 12.5. The average molecular weight is 274 g/mol. The second kappa shape index (κ2) is 7.44. The maximum atomic E-state index is 12.5. The van der Waals surface area contributed by atoms with Crippen LogP contribution in [0, 0.1) is 0 Å². The zero-order valence-corrected chi connectivity index (χ0v) is 12.4. The van der Waals surface area contributed by atoms with E-state index in [0.717, 1.165) is 38.5 Å². The highest BCUT2D eigenvalue weighted by molar-refractivity contribution is 5.84. The van der Waals surface area contributed by atoms with Crippen LogP contribution < -0.4 is 11.1 Å². The van der Waals surface area contributed by atoms with Gasteiger partial charge in [-0.05, 0) is 36.8 Å². The van der Waals surface area contributed by atoms with Crippen molar-refractivity contribution in [2.24, 2.45) is 5.73 Å². The molecule has 1 aliphatic carbocycles. The van der Waals surface area contributed by atoms with E-state index in [-0.39, 0.29) is 17.9 Å². The first-order valence-electron chi connectivity index (χ1n) is 7.84. The Hall–Kier alpha value is -1.35. The molecule has 2 rings (SSSR count). The number of hydrogen-bond acceptors (Lipinski definition) is 2. The summed E-state index contributed by atoms with van der Waals surface area (Å²) in [5.41, 5.74) is 8.31. The summed E-state index contributed by atoms with van der Waals surface area (Å²) in [6.45, 7) is 2.69. The molecule has 0 aliphatic heterocycles. The minimum Gasteiger partial charge on any atom is -0.352 e. The maximum Gasteiger partial charge on any atom is 0.227 e. The van der Waals surface area contributed by atoms with Crippen LogP contribution in [0.15, 0.2) is 24.3 Å². The van der Waals surface area contributed by atoms with Crippen LogP contribution in [0.5, 0.6) is 0 Å². The quantitative estimate of drug-likeness (QED) is 0.838. The van der Waals surface area contributed by atoms with Gasteiger partial charge in [0.15, 0.2) is 0 Å². The first-order valence-corrected chi connectivity index (χ1v) is 7.84. The molecule has 1 aromatic carbocycles. The summed E-state index contributed by atoms with van der Waals surface area (Å²) in [6.07, 6.45) is 6.37. The number of rotatable bonds is 6. The molecule has 0 saturated heterocycles. The molecule has 20 heavy (non-hydrogen) atoms. The van der Waals surface area contributed by atoms with E-state index in [4.69, 9.17) is 5.73 Å². The van der Waals surface area contributed by atoms with E-state index >= 15 is 0 Å². The van der Waals surface area contributed by atoms with Gasteiger partial charge in [0.2, 0.25) is 5.91 Å². The molecular formula is C17H26N2O. The molecule has 2 atom stereocenters. The molecule has 0 heterocycles. The smallest absolute Gasteiger partial charge is 0.227 e. The van der Waals surface area contributed by atoms with Gasteiger partial charge in [-0.1, -0.05) is 44.0 Å². The highest BCUT2D eigenvalue weighted by Gasteiger charge is 2.27. The first kappa shape index (κ1) is 15.0. The van der Waals surface area contributed by atoms with Crippen molar-refractivity contribution in [2.75, 3.05) is 6.54 Å². The molecule has 0 aromatic heterocycles. The summed E-state index contributed by atoms with van der Waals surface area (Å²) >= 11 is 0. The Labute approximate surface area is 121 Å². The SMILES string of the molecule is CCCCC(CN)NC(=O)C1CCCc2ccccc21. The second-order valence-electron chi connectivity index (χ2n) is 5.73. The van der Waals surface area contributed by atoms with E-state index in [0.29, 0.717) is 6.54 Å². The molecule has 1 aromatic rings. The van der Waals surface area contributed by atoms with Gasteiger partial charge in [-0.15, -0.1) is 0 Å². The third-order valence-electron chi connectivity index (χ3n) is 4.22. The van der Waals surface area contributed by atoms with Crippen LogP contribution in [0.3, 0.4) is 0 Å². The molecule has 0 saturated carbocycles. The number of nitrogens with two attached hydrogens (primary N) is 1. The molecular weight excluding hydrogens is 248 g/mol. The van der Waals surface area contributed by atoms with Crippen LogP contribution in [0.4, 0.5) is 0 Å². The van der Waals surface area contributed by atoms with Gasteiger partial charge in [-0.2, -0.15) is 0 Å². The monoisotopic (exact) mass is 274 g/mol. The van der Waals surface area contributed by atoms with Gasteiger partial charge in [0.05, 0.1) is 5.92 Å². The average Bonchev–Trinajstić information content (AvgIpc) is 2.50. The van der Waals surface area contributed by atoms with Crippen LogP contribution in [-0.2, 0) is 11.2 Å². The summed E-state index contributed by atoms with van der Waals surface area (Å²) in [5.74, 6) is 0.166. The van der Waals surface area contributed by atoms with Crippen molar-refractivity contribution in [3.63, 3.8) is 0 Å². The Morgan fingerprint density at radius 1 is 1.45 bits per heavy atom. The van der Waals surface area contributed by atoms with Gasteiger partial charge >= 0.3 is 0 Å². The third-order valence-corrected chi connectivity index (χ3v) is 4.22. The van der Waals surface area contributed by atoms with Crippen LogP contribution in [0.25, 0.3) is 0 Å². The van der Waals surface area contributed by atoms with Gasteiger partial charge in [-0.25, -0.2) is 0 Å². The molecule has 0 fully saturated rings. The second-order valence-corrected chi connectivity index (χ2v) is 5.73. The van der Waals surface area contributed by atoms with Crippen molar-refractivity contribution in [1.29, 1.82) is 0 Å². The fourth-order valence-corrected chi connectivity index (χ4v) is 3.03. The van der Waals surface area contributed by atoms with Crippen molar-refractivity contribution >= 4 is 5.91 Å². The summed E-state index contributed by atoms with van der Waals surface area (Å²) in [5, 5.41) is 3.15. The zero-order valence-electron chi connectivity index (χ0n) is 12.4. The number of fused-ring (bicyclic) bond motifs is 1. The van der Waals surface area contributed by atoms with Gasteiger partial charge < -0.3 is 11.1 Å². The van der Waals surface area contributed by atoms with E-state index in [2.05, 4.69) is 30.4 Å². The molecule has 3 nitrogen and oxygen atoms in total. The topological polar surface area (TPSA) is 55.1 Å². The first-order chi connectivity index (χ1) is 9.76. The molecule has 0 bridgehead atoms. The molecule has 1 aliphatic rings. The Morgan fingerprint density at radius 3 is 3.00 bits per heavy atom. The van der Waals surface area contributed by atoms with Crippen molar-refractivity contribution in [3.05, 3.63) is 35.4 Å². The number of unbranched alkanes of at least 4 members (excludes halogenated alkanes) is 1. The van der Waals surface area contributed by atoms with Gasteiger partial charge in [-0.3, -0.25) is 4.79 Å². The van der Waals surface area contributed by atoms with Gasteiger partial charge in [0, 0.05) is 12.6 Å². The van der Waals surface area contributed by atoms with Crippen molar-refractivity contribution in [3.8, 4) is 0 Å². The molecule has 3 N–H and O–H groups in total. The minimum absolute atomic E-state index is 0.00984. The van der Waals surface area contributed by atoms with Crippen molar-refractivity contribution in [1.82, 2.24) is 5.32 Å². The number of benzene rings is 1. The van der Waals surface area contributed by atoms with E-state index in [1.807, 2.05) is 6.07 Å². The third kappa shape index (κ3) is 3.60. The number of carbonyl (C=O) groups is 1. The van der Waals surface area contributed by atoms with Gasteiger partial charge in [0.25, 0.3) is 0 Å². The highest BCUT2D eigenvalue weighted by Crippen LogP contribution is 2.31. The van der Waals surface area contributed by atoms with Crippen molar-refractivity contribution < 1.29 is 4.79 Å². The summed E-state index contributed by atoms with van der Waals surface area (Å²) in [6, 6.07) is 8.45. The van der Waals surface area contributed by atoms with Crippen LogP contribution in [-0.4, -0.2) is 18.5 Å². The lowest BCUT2D eigenvalue weighted by molar-refractivity contribution is -0.123. The lowest BCUT2D eigenvalue weighted by Crippen LogP contribution is -2.43. The summed E-state index contributed by atoms with van der Waals surface area (Å²) < 4.78 is 0. The normalized spacial score (nSPS) is 19.2. The lowest BCUT2D eigenvalue weighted by Gasteiger charge is -2.27. The Bertz CT molecular complexity index is 444. The number of hydrogen-bond donors (Lipinski definition) is 2. The van der Waals surface area contributed by atoms with E-state index in [1.165, 1.54) is 11.1 Å². The predicted octanol–water partition coefficient (Wildman–Crippen LogP) is 2.74. The molecule has 2 unspecified atom stereocenters. The predicted molar refractivity (Wildman–Crippen MR) is 82.6 cm³/mol. The fourth-order valence-electron chi connectivity index (χ4n) is 3.03. The number of nitrogens with one attached hydrogen (secondary N) is 1. The van der Waals surface area contributed by atoms with E-state index < -0.39 is 0 Å². The van der Waals surface area contributed by atoms with Crippen LogP contribution in [0.1, 0.15) is 56.1 Å². The highest BCUT2D eigenvalue weighted by atomic mass is 16.1. The Morgan fingerprint density at radius 2 is 2.25 bits per heavy atom. The fraction of sp³-hybridized carbons (Fsp3) is 0.588. The molecule has 110 valence electrons. The molecule has 3 heteroatoms. The van der Waals surface area contributed by atoms with E-state index in [9.17, 15) is 4.79 Å². The molecule has 1 amide bonds. The number of carbonyl (C=O) groups excluding carboxylic acids is 1. The maximum absolute atomic E-state index is 12.5. The van der Waals surface area contributed by atoms with Crippen LogP contribution >= 0.6 is 0 Å². The summed E-state index contributed by atoms with van der Waals surface area (Å²) in [7, 11) is 0. The largest absolute Gasteiger partial charge is 0.352 e. The van der Waals surface area contributed by atoms with Crippen LogP contribution in [0.2, 0.25) is 0 Å². The standard InChI is InChI=1S/C17H26N2O/c1-2-3-9-14(12-18)19-17(20)16-11-6-8-13-7-4-5-10-15(13)16/h4-5,7,10,14,16H,2-3,6,8-9,11-12,18H2,1H3,(H,19,20). The number of amides is 1. The minimum atomic E-state index is 0.00984. The lowest BCUT2D eigenvalue weighted by atomic mass is 9.82. The van der Waals surface area contributed by atoms with E-state index in [1.54, 1.807) is 0 Å². The Balaban J connectivity index is 2.03. The van der Waals surface area contributed by atoms with Crippen molar-refractivity contribution in [2.45, 2.75) is 57.4 Å².